The number of benzene rings is 2. The maximum atomic E-state index is 13.5. The highest BCUT2D eigenvalue weighted by Gasteiger charge is 2.31. The summed E-state index contributed by atoms with van der Waals surface area (Å²) in [4.78, 5) is 31.9. The molecule has 0 spiro atoms. The fraction of sp³-hybridized carbons (Fsp3) is 0.214. The first kappa shape index (κ1) is 23.3. The Morgan fingerprint density at radius 1 is 1.03 bits per heavy atom. The van der Waals surface area contributed by atoms with E-state index in [1.165, 1.54) is 0 Å². The highest BCUT2D eigenvalue weighted by Crippen LogP contribution is 2.31. The Hall–Kier alpha value is -4.46. The second-order valence-electron chi connectivity index (χ2n) is 9.12. The first-order chi connectivity index (χ1) is 17.4. The molecule has 182 valence electrons. The molecule has 0 bridgehead atoms. The van der Waals surface area contributed by atoms with E-state index in [-0.39, 0.29) is 23.3 Å². The van der Waals surface area contributed by atoms with Crippen LogP contribution in [0.15, 0.2) is 73.1 Å². The van der Waals surface area contributed by atoms with Gasteiger partial charge in [-0.3, -0.25) is 14.3 Å². The molecule has 4 aromatic rings. The largest absolute Gasteiger partial charge is 0.383 e. The highest BCUT2D eigenvalue weighted by atomic mass is 16.2. The Morgan fingerprint density at radius 3 is 2.42 bits per heavy atom. The zero-order valence-corrected chi connectivity index (χ0v) is 20.1. The third-order valence-electron chi connectivity index (χ3n) is 6.72. The summed E-state index contributed by atoms with van der Waals surface area (Å²) in [6.07, 6.45) is 5.86. The standard InChI is InChI=1S/C28H28N6O2/c1-33-17-21(16-31-33)23-15-24(27(30)35)26(29)32-25(23)14-22-8-5-13-34(22)28(36)20-11-9-19(10-12-20)18-6-3-2-4-7-18/h2-4,6-7,9-12,15-17,22H,5,8,13-14H2,1H3,(H2,29,32)(H2,30,35). The van der Waals surface area contributed by atoms with Gasteiger partial charge in [0.25, 0.3) is 11.8 Å². The van der Waals surface area contributed by atoms with Crippen LogP contribution >= 0.6 is 0 Å². The Labute approximate surface area is 209 Å². The summed E-state index contributed by atoms with van der Waals surface area (Å²) in [5.74, 6) is -0.535. The topological polar surface area (TPSA) is 120 Å². The van der Waals surface area contributed by atoms with Gasteiger partial charge in [-0.1, -0.05) is 42.5 Å². The van der Waals surface area contributed by atoms with E-state index in [0.717, 1.165) is 40.8 Å². The van der Waals surface area contributed by atoms with E-state index in [1.807, 2.05) is 60.6 Å². The quantitative estimate of drug-likeness (QED) is 0.436. The van der Waals surface area contributed by atoms with E-state index in [4.69, 9.17) is 11.5 Å². The number of carbonyl (C=O) groups is 2. The van der Waals surface area contributed by atoms with Crippen molar-refractivity contribution >= 4 is 17.6 Å². The summed E-state index contributed by atoms with van der Waals surface area (Å²) in [6.45, 7) is 0.682. The van der Waals surface area contributed by atoms with Crippen LogP contribution in [0, 0.1) is 0 Å². The zero-order chi connectivity index (χ0) is 25.2. The molecule has 0 radical (unpaired) electrons. The fourth-order valence-corrected chi connectivity index (χ4v) is 4.87. The van der Waals surface area contributed by atoms with Crippen molar-refractivity contribution < 1.29 is 9.59 Å². The normalized spacial score (nSPS) is 15.2. The van der Waals surface area contributed by atoms with Crippen molar-refractivity contribution in [1.29, 1.82) is 0 Å². The number of pyridine rings is 1. The smallest absolute Gasteiger partial charge is 0.254 e. The summed E-state index contributed by atoms with van der Waals surface area (Å²) in [5.41, 5.74) is 16.9. The molecule has 1 unspecified atom stereocenters. The lowest BCUT2D eigenvalue weighted by Gasteiger charge is -2.25. The average Bonchev–Trinajstić information content (AvgIpc) is 3.53. The second kappa shape index (κ2) is 9.65. The van der Waals surface area contributed by atoms with E-state index < -0.39 is 5.91 Å². The summed E-state index contributed by atoms with van der Waals surface area (Å²) in [7, 11) is 1.82. The van der Waals surface area contributed by atoms with Crippen LogP contribution < -0.4 is 11.5 Å². The Bertz CT molecular complexity index is 1410. The lowest BCUT2D eigenvalue weighted by Crippen LogP contribution is -2.37. The number of primary amides is 1. The first-order valence-corrected chi connectivity index (χ1v) is 12.0. The number of hydrogen-bond donors (Lipinski definition) is 2. The van der Waals surface area contributed by atoms with Crippen LogP contribution in [0.5, 0.6) is 0 Å². The number of nitrogen functional groups attached to an aromatic ring is 1. The average molecular weight is 481 g/mol. The van der Waals surface area contributed by atoms with Gasteiger partial charge in [0, 0.05) is 48.9 Å². The Balaban J connectivity index is 1.41. The molecule has 3 heterocycles. The summed E-state index contributed by atoms with van der Waals surface area (Å²) in [5, 5.41) is 4.25. The molecule has 1 fully saturated rings. The maximum absolute atomic E-state index is 13.5. The Morgan fingerprint density at radius 2 is 1.75 bits per heavy atom. The van der Waals surface area contributed by atoms with Crippen molar-refractivity contribution in [3.05, 3.63) is 89.9 Å². The van der Waals surface area contributed by atoms with Gasteiger partial charge in [-0.2, -0.15) is 5.10 Å². The maximum Gasteiger partial charge on any atom is 0.254 e. The number of amides is 2. The van der Waals surface area contributed by atoms with Crippen LogP contribution in [0.25, 0.3) is 22.3 Å². The summed E-state index contributed by atoms with van der Waals surface area (Å²) in [6, 6.07) is 19.5. The van der Waals surface area contributed by atoms with Gasteiger partial charge in [0.1, 0.15) is 5.82 Å². The SMILES string of the molecule is Cn1cc(-c2cc(C(N)=O)c(N)nc2CC2CCCN2C(=O)c2ccc(-c3ccccc3)cc2)cn1. The molecule has 1 saturated heterocycles. The minimum atomic E-state index is -0.631. The van der Waals surface area contributed by atoms with Gasteiger partial charge in [0.05, 0.1) is 17.5 Å². The van der Waals surface area contributed by atoms with Gasteiger partial charge in [-0.25, -0.2) is 4.98 Å². The predicted octanol–water partition coefficient (Wildman–Crippen LogP) is 3.68. The molecule has 1 aliphatic heterocycles. The Kier molecular flexibility index (Phi) is 6.25. The summed E-state index contributed by atoms with van der Waals surface area (Å²) >= 11 is 0. The number of likely N-dealkylation sites (tertiary alicyclic amines) is 1. The van der Waals surface area contributed by atoms with Gasteiger partial charge >= 0.3 is 0 Å². The number of nitrogens with two attached hydrogens (primary N) is 2. The van der Waals surface area contributed by atoms with Crippen LogP contribution in [0.2, 0.25) is 0 Å². The van der Waals surface area contributed by atoms with Gasteiger partial charge in [-0.05, 0) is 42.2 Å². The van der Waals surface area contributed by atoms with Crippen LogP contribution in [0.3, 0.4) is 0 Å². The molecule has 5 rings (SSSR count). The van der Waals surface area contributed by atoms with Gasteiger partial charge in [-0.15, -0.1) is 0 Å². The lowest BCUT2D eigenvalue weighted by atomic mass is 9.98. The second-order valence-corrected chi connectivity index (χ2v) is 9.12. The molecule has 8 heteroatoms. The molecule has 1 atom stereocenters. The van der Waals surface area contributed by atoms with Crippen molar-refractivity contribution in [2.75, 3.05) is 12.3 Å². The molecular formula is C28H28N6O2. The van der Waals surface area contributed by atoms with Crippen molar-refractivity contribution in [3.63, 3.8) is 0 Å². The molecule has 0 saturated carbocycles. The zero-order valence-electron chi connectivity index (χ0n) is 20.1. The number of aryl methyl sites for hydroxylation is 1. The van der Waals surface area contributed by atoms with Gasteiger partial charge in [0.15, 0.2) is 0 Å². The number of carbonyl (C=O) groups excluding carboxylic acids is 2. The number of anilines is 1. The van der Waals surface area contributed by atoms with Crippen molar-refractivity contribution in [2.45, 2.75) is 25.3 Å². The predicted molar refractivity (Wildman–Crippen MR) is 139 cm³/mol. The van der Waals surface area contributed by atoms with Crippen LogP contribution in [0.4, 0.5) is 5.82 Å². The fourth-order valence-electron chi connectivity index (χ4n) is 4.87. The number of hydrogen-bond acceptors (Lipinski definition) is 5. The molecule has 36 heavy (non-hydrogen) atoms. The third-order valence-corrected chi connectivity index (χ3v) is 6.72. The van der Waals surface area contributed by atoms with Crippen molar-refractivity contribution in [1.82, 2.24) is 19.7 Å². The highest BCUT2D eigenvalue weighted by molar-refractivity contribution is 5.98. The van der Waals surface area contributed by atoms with Crippen LogP contribution in [-0.4, -0.2) is 44.1 Å². The number of aromatic nitrogens is 3. The molecule has 4 N–H and O–H groups in total. The van der Waals surface area contributed by atoms with Crippen molar-refractivity contribution in [3.8, 4) is 22.3 Å². The molecule has 2 aromatic heterocycles. The molecule has 2 amide bonds. The molecule has 0 aliphatic carbocycles. The minimum Gasteiger partial charge on any atom is -0.383 e. The van der Waals surface area contributed by atoms with Crippen LogP contribution in [-0.2, 0) is 13.5 Å². The first-order valence-electron chi connectivity index (χ1n) is 12.0. The molecule has 1 aliphatic rings. The van der Waals surface area contributed by atoms with E-state index in [1.54, 1.807) is 16.9 Å². The monoisotopic (exact) mass is 480 g/mol. The van der Waals surface area contributed by atoms with Gasteiger partial charge in [0.2, 0.25) is 0 Å². The minimum absolute atomic E-state index is 0.00164. The molecular weight excluding hydrogens is 452 g/mol. The van der Waals surface area contributed by atoms with E-state index in [2.05, 4.69) is 22.2 Å². The van der Waals surface area contributed by atoms with E-state index >= 15 is 0 Å². The summed E-state index contributed by atoms with van der Waals surface area (Å²) < 4.78 is 1.68. The van der Waals surface area contributed by atoms with Crippen molar-refractivity contribution in [2.24, 2.45) is 12.8 Å². The third kappa shape index (κ3) is 4.57. The van der Waals surface area contributed by atoms with E-state index in [0.29, 0.717) is 18.5 Å². The van der Waals surface area contributed by atoms with E-state index in [9.17, 15) is 9.59 Å². The van der Waals surface area contributed by atoms with Crippen LogP contribution in [0.1, 0.15) is 39.3 Å². The lowest BCUT2D eigenvalue weighted by molar-refractivity contribution is 0.0736. The van der Waals surface area contributed by atoms with Gasteiger partial charge < -0.3 is 16.4 Å². The number of nitrogens with zero attached hydrogens (tertiary/aromatic N) is 4. The number of rotatable bonds is 6. The molecule has 2 aromatic carbocycles. The molecule has 8 nitrogen and oxygen atoms in total.